The molecule has 0 fully saturated rings. The Labute approximate surface area is 127 Å². The zero-order valence-electron chi connectivity index (χ0n) is 11.3. The van der Waals surface area contributed by atoms with E-state index in [0.717, 1.165) is 12.1 Å². The van der Waals surface area contributed by atoms with Gasteiger partial charge < -0.3 is 10.2 Å². The summed E-state index contributed by atoms with van der Waals surface area (Å²) in [5.74, 6) is -0.484. The van der Waals surface area contributed by atoms with Gasteiger partial charge in [0.1, 0.15) is 5.82 Å². The summed E-state index contributed by atoms with van der Waals surface area (Å²) in [7, 11) is 0. The van der Waals surface area contributed by atoms with E-state index in [0.29, 0.717) is 12.2 Å². The molecule has 1 aliphatic rings. The van der Waals surface area contributed by atoms with Gasteiger partial charge >= 0.3 is 0 Å². The number of nitrogens with zero attached hydrogens (tertiary/aromatic N) is 1. The maximum Gasteiger partial charge on any atom is 0.246 e. The Morgan fingerprint density at radius 2 is 2.10 bits per heavy atom. The van der Waals surface area contributed by atoms with Crippen molar-refractivity contribution < 1.29 is 9.18 Å². The number of rotatable bonds is 3. The summed E-state index contributed by atoms with van der Waals surface area (Å²) in [4.78, 5) is 14.1. The minimum absolute atomic E-state index is 0.0135. The zero-order chi connectivity index (χ0) is 14.8. The molecule has 0 saturated heterocycles. The lowest BCUT2D eigenvalue weighted by molar-refractivity contribution is -0.116. The Bertz CT molecular complexity index is 690. The van der Waals surface area contributed by atoms with Crippen molar-refractivity contribution >= 4 is 28.9 Å². The Morgan fingerprint density at radius 3 is 2.90 bits per heavy atom. The third-order valence-electron chi connectivity index (χ3n) is 3.55. The van der Waals surface area contributed by atoms with Crippen molar-refractivity contribution in [3.05, 3.63) is 58.9 Å². The molecule has 1 amide bonds. The van der Waals surface area contributed by atoms with Crippen LogP contribution in [0.25, 0.3) is 0 Å². The molecule has 0 saturated carbocycles. The highest BCUT2D eigenvalue weighted by molar-refractivity contribution is 6.31. The third-order valence-corrected chi connectivity index (χ3v) is 3.84. The molecule has 3 rings (SSSR count). The molecule has 0 radical (unpaired) electrons. The topological polar surface area (TPSA) is 32.3 Å². The molecule has 5 heteroatoms. The fourth-order valence-electron chi connectivity index (χ4n) is 2.48. The molecule has 3 nitrogen and oxygen atoms in total. The molecule has 0 aliphatic carbocycles. The summed E-state index contributed by atoms with van der Waals surface area (Å²) in [5.41, 5.74) is 2.79. The number of carbonyl (C=O) groups is 1. The average Bonchev–Trinajstić information content (AvgIpc) is 2.92. The number of carbonyl (C=O) groups excluding carboxylic acids is 1. The van der Waals surface area contributed by atoms with Crippen LogP contribution in [0.5, 0.6) is 0 Å². The molecule has 2 aromatic rings. The summed E-state index contributed by atoms with van der Waals surface area (Å²) >= 11 is 5.71. The van der Waals surface area contributed by atoms with Gasteiger partial charge in [-0.05, 0) is 36.2 Å². The third kappa shape index (κ3) is 2.85. The highest BCUT2D eigenvalue weighted by Crippen LogP contribution is 2.27. The van der Waals surface area contributed by atoms with Crippen LogP contribution in [0.3, 0.4) is 0 Å². The highest BCUT2D eigenvalue weighted by atomic mass is 35.5. The lowest BCUT2D eigenvalue weighted by Gasteiger charge is -2.18. The predicted molar refractivity (Wildman–Crippen MR) is 82.4 cm³/mol. The molecule has 1 N–H and O–H groups in total. The molecule has 0 atom stereocenters. The zero-order valence-corrected chi connectivity index (χ0v) is 12.0. The van der Waals surface area contributed by atoms with Gasteiger partial charge in [0, 0.05) is 17.9 Å². The van der Waals surface area contributed by atoms with Crippen LogP contribution in [0.15, 0.2) is 42.5 Å². The van der Waals surface area contributed by atoms with E-state index >= 15 is 0 Å². The smallest absolute Gasteiger partial charge is 0.246 e. The molecule has 108 valence electrons. The summed E-state index contributed by atoms with van der Waals surface area (Å²) in [6.07, 6.45) is 0.879. The molecular weight excluding hydrogens is 291 g/mol. The van der Waals surface area contributed by atoms with Crippen molar-refractivity contribution in [2.24, 2.45) is 0 Å². The molecule has 0 aromatic heterocycles. The van der Waals surface area contributed by atoms with Crippen LogP contribution in [0.1, 0.15) is 5.56 Å². The Kier molecular flexibility index (Phi) is 3.80. The number of hydrogen-bond donors (Lipinski definition) is 1. The SMILES string of the molecule is O=C(CNc1ccc(F)c(Cl)c1)N1CCc2ccccc21. The Hall–Kier alpha value is -2.07. The van der Waals surface area contributed by atoms with Gasteiger partial charge in [-0.3, -0.25) is 4.79 Å². The maximum absolute atomic E-state index is 13.1. The van der Waals surface area contributed by atoms with Crippen LogP contribution >= 0.6 is 11.6 Å². The molecular formula is C16H14ClFN2O. The molecule has 0 spiro atoms. The number of halogens is 2. The van der Waals surface area contributed by atoms with Crippen LogP contribution in [0, 0.1) is 5.82 Å². The number of amides is 1. The summed E-state index contributed by atoms with van der Waals surface area (Å²) < 4.78 is 13.1. The number of fused-ring (bicyclic) bond motifs is 1. The minimum atomic E-state index is -0.470. The minimum Gasteiger partial charge on any atom is -0.376 e. The lowest BCUT2D eigenvalue weighted by atomic mass is 10.2. The van der Waals surface area contributed by atoms with Crippen molar-refractivity contribution in [2.75, 3.05) is 23.3 Å². The fraction of sp³-hybridized carbons (Fsp3) is 0.188. The quantitative estimate of drug-likeness (QED) is 0.941. The maximum atomic E-state index is 13.1. The molecule has 21 heavy (non-hydrogen) atoms. The Morgan fingerprint density at radius 1 is 1.29 bits per heavy atom. The van der Waals surface area contributed by atoms with Crippen LogP contribution in [0.2, 0.25) is 5.02 Å². The number of nitrogens with one attached hydrogen (secondary N) is 1. The van der Waals surface area contributed by atoms with E-state index < -0.39 is 5.82 Å². The van der Waals surface area contributed by atoms with E-state index in [1.165, 1.54) is 17.7 Å². The van der Waals surface area contributed by atoms with Gasteiger partial charge in [-0.25, -0.2) is 4.39 Å². The highest BCUT2D eigenvalue weighted by Gasteiger charge is 2.23. The van der Waals surface area contributed by atoms with Gasteiger partial charge in [-0.15, -0.1) is 0 Å². The van der Waals surface area contributed by atoms with Crippen molar-refractivity contribution in [2.45, 2.75) is 6.42 Å². The van der Waals surface area contributed by atoms with Gasteiger partial charge in [0.05, 0.1) is 11.6 Å². The van der Waals surface area contributed by atoms with E-state index in [1.54, 1.807) is 11.0 Å². The van der Waals surface area contributed by atoms with Gasteiger partial charge in [0.15, 0.2) is 0 Å². The summed E-state index contributed by atoms with van der Waals surface area (Å²) in [6.45, 7) is 0.848. The van der Waals surface area contributed by atoms with Crippen LogP contribution < -0.4 is 10.2 Å². The van der Waals surface area contributed by atoms with E-state index in [4.69, 9.17) is 11.6 Å². The molecule has 1 heterocycles. The van der Waals surface area contributed by atoms with Gasteiger partial charge in [0.25, 0.3) is 0 Å². The Balaban J connectivity index is 1.66. The summed E-state index contributed by atoms with van der Waals surface area (Å²) in [5, 5.41) is 3.02. The largest absolute Gasteiger partial charge is 0.376 e. The number of hydrogen-bond acceptors (Lipinski definition) is 2. The number of benzene rings is 2. The second-order valence-corrected chi connectivity index (χ2v) is 5.31. The van der Waals surface area contributed by atoms with Crippen molar-refractivity contribution in [1.29, 1.82) is 0 Å². The standard InChI is InChI=1S/C16H14ClFN2O/c17-13-9-12(5-6-14(13)18)19-10-16(21)20-8-7-11-3-1-2-4-15(11)20/h1-6,9,19H,7-8,10H2. The number of para-hydroxylation sites is 1. The normalized spacial score (nSPS) is 13.1. The first-order valence-electron chi connectivity index (χ1n) is 6.72. The first kappa shape index (κ1) is 13.9. The van der Waals surface area contributed by atoms with Gasteiger partial charge in [-0.1, -0.05) is 29.8 Å². The van der Waals surface area contributed by atoms with E-state index in [-0.39, 0.29) is 17.5 Å². The van der Waals surface area contributed by atoms with E-state index in [2.05, 4.69) is 5.32 Å². The van der Waals surface area contributed by atoms with Crippen molar-refractivity contribution in [1.82, 2.24) is 0 Å². The van der Waals surface area contributed by atoms with E-state index in [9.17, 15) is 9.18 Å². The van der Waals surface area contributed by atoms with Crippen molar-refractivity contribution in [3.8, 4) is 0 Å². The second kappa shape index (κ2) is 5.74. The van der Waals surface area contributed by atoms with Crippen LogP contribution in [-0.2, 0) is 11.2 Å². The number of anilines is 2. The molecule has 1 aliphatic heterocycles. The predicted octanol–water partition coefficient (Wildman–Crippen LogP) is 3.48. The molecule has 0 bridgehead atoms. The average molecular weight is 305 g/mol. The van der Waals surface area contributed by atoms with Crippen molar-refractivity contribution in [3.63, 3.8) is 0 Å². The first-order chi connectivity index (χ1) is 10.1. The monoisotopic (exact) mass is 304 g/mol. The molecule has 2 aromatic carbocycles. The molecule has 0 unspecified atom stereocenters. The summed E-state index contributed by atoms with van der Waals surface area (Å²) in [6, 6.07) is 12.2. The van der Waals surface area contributed by atoms with E-state index in [1.807, 2.05) is 24.3 Å². The second-order valence-electron chi connectivity index (χ2n) is 4.91. The van der Waals surface area contributed by atoms with Gasteiger partial charge in [-0.2, -0.15) is 0 Å². The van der Waals surface area contributed by atoms with Crippen LogP contribution in [-0.4, -0.2) is 19.0 Å². The lowest BCUT2D eigenvalue weighted by Crippen LogP contribution is -2.34. The van der Waals surface area contributed by atoms with Crippen LogP contribution in [0.4, 0.5) is 15.8 Å². The first-order valence-corrected chi connectivity index (χ1v) is 7.10. The fourth-order valence-corrected chi connectivity index (χ4v) is 2.66. The van der Waals surface area contributed by atoms with Gasteiger partial charge in [0.2, 0.25) is 5.91 Å².